The van der Waals surface area contributed by atoms with Crippen LogP contribution in [0.4, 0.5) is 0 Å². The van der Waals surface area contributed by atoms with Gasteiger partial charge in [0.05, 0.1) is 6.61 Å². The molecule has 3 heteroatoms. The van der Waals surface area contributed by atoms with Gasteiger partial charge in [-0.05, 0) is 41.5 Å². The number of hydrogen-bond donors (Lipinski definition) is 0. The van der Waals surface area contributed by atoms with E-state index in [-0.39, 0.29) is 16.6 Å². The molecule has 1 rings (SSSR count). The fraction of sp³-hybridized carbons (Fsp3) is 0.611. The quantitative estimate of drug-likeness (QED) is 0.609. The summed E-state index contributed by atoms with van der Waals surface area (Å²) in [6.45, 7) is 11.0. The molecule has 0 aliphatic carbocycles. The van der Waals surface area contributed by atoms with Crippen molar-refractivity contribution in [3.05, 3.63) is 30.3 Å². The average molecular weight is 311 g/mol. The predicted molar refractivity (Wildman–Crippen MR) is 88.8 cm³/mol. The SMILES string of the molecule is CCC(C)(C)C(COc1ccccc1)CC(C)(C)C(=O)Cl. The van der Waals surface area contributed by atoms with Crippen LogP contribution in [-0.2, 0) is 4.79 Å². The number of halogens is 1. The smallest absolute Gasteiger partial charge is 0.227 e. The minimum atomic E-state index is -0.529. The fourth-order valence-electron chi connectivity index (χ4n) is 2.26. The van der Waals surface area contributed by atoms with E-state index in [1.807, 2.05) is 44.2 Å². The predicted octanol–water partition coefficient (Wildman–Crippen LogP) is 5.30. The Morgan fingerprint density at radius 1 is 1.19 bits per heavy atom. The first kappa shape index (κ1) is 18.0. The molecule has 2 nitrogen and oxygen atoms in total. The summed E-state index contributed by atoms with van der Waals surface area (Å²) < 4.78 is 5.93. The topological polar surface area (TPSA) is 26.3 Å². The van der Waals surface area contributed by atoms with Crippen molar-refractivity contribution in [2.45, 2.75) is 47.5 Å². The van der Waals surface area contributed by atoms with Gasteiger partial charge >= 0.3 is 0 Å². The highest BCUT2D eigenvalue weighted by Gasteiger charge is 2.36. The van der Waals surface area contributed by atoms with E-state index >= 15 is 0 Å². The summed E-state index contributed by atoms with van der Waals surface area (Å²) in [4.78, 5) is 11.6. The number of para-hydroxylation sites is 1. The Labute approximate surface area is 133 Å². The van der Waals surface area contributed by atoms with E-state index < -0.39 is 5.41 Å². The number of hydrogen-bond acceptors (Lipinski definition) is 2. The summed E-state index contributed by atoms with van der Waals surface area (Å²) >= 11 is 5.74. The maximum absolute atomic E-state index is 11.6. The lowest BCUT2D eigenvalue weighted by molar-refractivity contribution is -0.120. The Morgan fingerprint density at radius 3 is 2.24 bits per heavy atom. The summed E-state index contributed by atoms with van der Waals surface area (Å²) in [6, 6.07) is 9.79. The molecule has 0 saturated carbocycles. The fourth-order valence-corrected chi connectivity index (χ4v) is 2.34. The van der Waals surface area contributed by atoms with Gasteiger partial charge in [-0.1, -0.05) is 59.2 Å². The van der Waals surface area contributed by atoms with Crippen molar-refractivity contribution < 1.29 is 9.53 Å². The van der Waals surface area contributed by atoms with Crippen molar-refractivity contribution in [1.29, 1.82) is 0 Å². The van der Waals surface area contributed by atoms with Gasteiger partial charge in [-0.2, -0.15) is 0 Å². The molecule has 0 spiro atoms. The van der Waals surface area contributed by atoms with E-state index in [0.717, 1.165) is 18.6 Å². The number of carbonyl (C=O) groups is 1. The first-order valence-electron chi connectivity index (χ1n) is 7.57. The number of benzene rings is 1. The standard InChI is InChI=1S/C18H27ClO2/c1-6-17(2,3)14(12-18(4,5)16(19)20)13-21-15-10-8-7-9-11-15/h7-11,14H,6,12-13H2,1-5H3. The zero-order chi connectivity index (χ0) is 16.1. The molecule has 0 N–H and O–H groups in total. The highest BCUT2D eigenvalue weighted by molar-refractivity contribution is 6.64. The normalized spacial score (nSPS) is 13.8. The van der Waals surface area contributed by atoms with E-state index in [0.29, 0.717) is 6.61 Å². The molecule has 1 aromatic rings. The van der Waals surface area contributed by atoms with Crippen LogP contribution in [0, 0.1) is 16.7 Å². The van der Waals surface area contributed by atoms with E-state index in [4.69, 9.17) is 16.3 Å². The van der Waals surface area contributed by atoms with Crippen LogP contribution < -0.4 is 4.74 Å². The van der Waals surface area contributed by atoms with Crippen molar-refractivity contribution in [2.24, 2.45) is 16.7 Å². The highest BCUT2D eigenvalue weighted by atomic mass is 35.5. The van der Waals surface area contributed by atoms with Crippen molar-refractivity contribution >= 4 is 16.8 Å². The van der Waals surface area contributed by atoms with Gasteiger partial charge in [-0.15, -0.1) is 0 Å². The molecule has 0 fully saturated rings. The van der Waals surface area contributed by atoms with Gasteiger partial charge in [-0.25, -0.2) is 0 Å². The van der Waals surface area contributed by atoms with Gasteiger partial charge in [0.1, 0.15) is 5.75 Å². The lowest BCUT2D eigenvalue weighted by Gasteiger charge is -2.37. The Balaban J connectivity index is 2.81. The summed E-state index contributed by atoms with van der Waals surface area (Å²) in [6.07, 6.45) is 1.76. The van der Waals surface area contributed by atoms with Crippen LogP contribution in [0.2, 0.25) is 0 Å². The molecule has 0 bridgehead atoms. The molecule has 21 heavy (non-hydrogen) atoms. The van der Waals surface area contributed by atoms with Gasteiger partial charge in [0.25, 0.3) is 0 Å². The van der Waals surface area contributed by atoms with Crippen molar-refractivity contribution in [1.82, 2.24) is 0 Å². The summed E-state index contributed by atoms with van der Waals surface area (Å²) in [5.74, 6) is 1.13. The van der Waals surface area contributed by atoms with E-state index in [1.54, 1.807) is 0 Å². The Bertz CT molecular complexity index is 452. The third-order valence-corrected chi connectivity index (χ3v) is 5.01. The molecule has 1 atom stereocenters. The third-order valence-electron chi connectivity index (χ3n) is 4.50. The van der Waals surface area contributed by atoms with Crippen LogP contribution in [-0.4, -0.2) is 11.8 Å². The number of ether oxygens (including phenoxy) is 1. The zero-order valence-electron chi connectivity index (χ0n) is 13.8. The first-order chi connectivity index (χ1) is 9.69. The Morgan fingerprint density at radius 2 is 1.76 bits per heavy atom. The minimum Gasteiger partial charge on any atom is -0.493 e. The molecule has 0 amide bonds. The van der Waals surface area contributed by atoms with Crippen molar-refractivity contribution in [3.8, 4) is 5.75 Å². The van der Waals surface area contributed by atoms with Gasteiger partial charge < -0.3 is 4.74 Å². The van der Waals surface area contributed by atoms with Gasteiger partial charge in [0, 0.05) is 5.41 Å². The molecule has 1 aromatic carbocycles. The zero-order valence-corrected chi connectivity index (χ0v) is 14.5. The molecule has 0 saturated heterocycles. The largest absolute Gasteiger partial charge is 0.493 e. The molecular weight excluding hydrogens is 284 g/mol. The van der Waals surface area contributed by atoms with Crippen LogP contribution >= 0.6 is 11.6 Å². The Kier molecular flexibility index (Phi) is 6.27. The van der Waals surface area contributed by atoms with Gasteiger partial charge in [-0.3, -0.25) is 4.79 Å². The second-order valence-corrected chi connectivity index (χ2v) is 7.37. The Hall–Kier alpha value is -1.02. The molecular formula is C18H27ClO2. The van der Waals surface area contributed by atoms with Crippen LogP contribution in [0.15, 0.2) is 30.3 Å². The average Bonchev–Trinajstić information content (AvgIpc) is 2.44. The number of carbonyl (C=O) groups excluding carboxylic acids is 1. The summed E-state index contributed by atoms with van der Waals surface area (Å²) in [7, 11) is 0. The van der Waals surface area contributed by atoms with Crippen LogP contribution in [0.25, 0.3) is 0 Å². The van der Waals surface area contributed by atoms with Crippen molar-refractivity contribution in [3.63, 3.8) is 0 Å². The second-order valence-electron chi connectivity index (χ2n) is 7.02. The third kappa shape index (κ3) is 5.35. The maximum atomic E-state index is 11.6. The first-order valence-corrected chi connectivity index (χ1v) is 7.94. The summed E-state index contributed by atoms with van der Waals surface area (Å²) in [5, 5.41) is -0.279. The molecule has 0 aliphatic rings. The van der Waals surface area contributed by atoms with E-state index in [9.17, 15) is 4.79 Å². The summed E-state index contributed by atoms with van der Waals surface area (Å²) in [5.41, 5.74) is -0.433. The molecule has 0 aliphatic heterocycles. The molecule has 118 valence electrons. The van der Waals surface area contributed by atoms with Crippen LogP contribution in [0.1, 0.15) is 47.5 Å². The van der Waals surface area contributed by atoms with E-state index in [1.165, 1.54) is 0 Å². The van der Waals surface area contributed by atoms with Gasteiger partial charge in [0.2, 0.25) is 5.24 Å². The van der Waals surface area contributed by atoms with Crippen molar-refractivity contribution in [2.75, 3.05) is 6.61 Å². The molecule has 0 aromatic heterocycles. The monoisotopic (exact) mass is 310 g/mol. The molecule has 1 unspecified atom stereocenters. The minimum absolute atomic E-state index is 0.0956. The molecule has 0 heterocycles. The highest BCUT2D eigenvalue weighted by Crippen LogP contribution is 2.40. The number of rotatable bonds is 8. The van der Waals surface area contributed by atoms with Gasteiger partial charge in [0.15, 0.2) is 0 Å². The van der Waals surface area contributed by atoms with Crippen LogP contribution in [0.5, 0.6) is 5.75 Å². The lowest BCUT2D eigenvalue weighted by Crippen LogP contribution is -2.35. The maximum Gasteiger partial charge on any atom is 0.227 e. The van der Waals surface area contributed by atoms with E-state index in [2.05, 4.69) is 20.8 Å². The molecule has 0 radical (unpaired) electrons. The second kappa shape index (κ2) is 7.31. The van der Waals surface area contributed by atoms with Crippen LogP contribution in [0.3, 0.4) is 0 Å². The lowest BCUT2D eigenvalue weighted by atomic mass is 9.70.